The van der Waals surface area contributed by atoms with E-state index in [1.54, 1.807) is 12.5 Å². The SMILES string of the molecule is CS(=O)(=O)NC[C@H]1CN(Cc2ccco2)Cc2ccnn21. The minimum absolute atomic E-state index is 0.0200. The lowest BCUT2D eigenvalue weighted by Crippen LogP contribution is -2.42. The first-order chi connectivity index (χ1) is 10.0. The Balaban J connectivity index is 1.73. The van der Waals surface area contributed by atoms with Crippen LogP contribution in [0.4, 0.5) is 0 Å². The molecule has 0 aliphatic carbocycles. The van der Waals surface area contributed by atoms with Crippen LogP contribution < -0.4 is 4.72 Å². The summed E-state index contributed by atoms with van der Waals surface area (Å²) in [6, 6.07) is 5.75. The van der Waals surface area contributed by atoms with E-state index in [0.29, 0.717) is 13.1 Å². The summed E-state index contributed by atoms with van der Waals surface area (Å²) in [5.41, 5.74) is 1.08. The number of hydrogen-bond acceptors (Lipinski definition) is 5. The van der Waals surface area contributed by atoms with Crippen molar-refractivity contribution in [1.82, 2.24) is 19.4 Å². The van der Waals surface area contributed by atoms with Gasteiger partial charge >= 0.3 is 0 Å². The minimum atomic E-state index is -3.20. The fourth-order valence-corrected chi connectivity index (χ4v) is 3.10. The topological polar surface area (TPSA) is 80.4 Å². The molecule has 0 saturated heterocycles. The molecule has 0 unspecified atom stereocenters. The second-order valence-electron chi connectivity index (χ2n) is 5.29. The number of nitrogens with zero attached hydrogens (tertiary/aromatic N) is 3. The van der Waals surface area contributed by atoms with Gasteiger partial charge in [-0.3, -0.25) is 9.58 Å². The van der Waals surface area contributed by atoms with Gasteiger partial charge in [-0.1, -0.05) is 0 Å². The van der Waals surface area contributed by atoms with Crippen LogP contribution >= 0.6 is 0 Å². The quantitative estimate of drug-likeness (QED) is 0.874. The molecule has 114 valence electrons. The van der Waals surface area contributed by atoms with Crippen molar-refractivity contribution in [2.24, 2.45) is 0 Å². The third kappa shape index (κ3) is 3.52. The average molecular weight is 310 g/mol. The average Bonchev–Trinajstić information content (AvgIpc) is 3.05. The van der Waals surface area contributed by atoms with Crippen molar-refractivity contribution in [1.29, 1.82) is 0 Å². The maximum absolute atomic E-state index is 11.3. The number of hydrogen-bond donors (Lipinski definition) is 1. The van der Waals surface area contributed by atoms with Gasteiger partial charge < -0.3 is 4.42 Å². The van der Waals surface area contributed by atoms with E-state index in [0.717, 1.165) is 24.5 Å². The van der Waals surface area contributed by atoms with Gasteiger partial charge in [0.2, 0.25) is 10.0 Å². The van der Waals surface area contributed by atoms with Crippen LogP contribution in [0.15, 0.2) is 35.1 Å². The van der Waals surface area contributed by atoms with Crippen LogP contribution in [-0.2, 0) is 23.1 Å². The summed E-state index contributed by atoms with van der Waals surface area (Å²) in [6.07, 6.45) is 4.58. The number of aromatic nitrogens is 2. The number of sulfonamides is 1. The zero-order valence-corrected chi connectivity index (χ0v) is 12.6. The van der Waals surface area contributed by atoms with Crippen LogP contribution in [0.2, 0.25) is 0 Å². The molecule has 0 fully saturated rings. The number of nitrogens with one attached hydrogen (secondary N) is 1. The summed E-state index contributed by atoms with van der Waals surface area (Å²) in [5.74, 6) is 0.901. The predicted octanol–water partition coefficient (Wildman–Crippen LogP) is 0.582. The lowest BCUT2D eigenvalue weighted by Gasteiger charge is -2.33. The molecule has 7 nitrogen and oxygen atoms in total. The second-order valence-corrected chi connectivity index (χ2v) is 7.12. The van der Waals surface area contributed by atoms with E-state index in [2.05, 4.69) is 14.7 Å². The first kappa shape index (κ1) is 14.3. The van der Waals surface area contributed by atoms with Gasteiger partial charge in [0.05, 0.1) is 30.8 Å². The van der Waals surface area contributed by atoms with Crippen molar-refractivity contribution in [2.45, 2.75) is 19.1 Å². The van der Waals surface area contributed by atoms with Gasteiger partial charge in [0, 0.05) is 25.8 Å². The van der Waals surface area contributed by atoms with Crippen molar-refractivity contribution in [3.8, 4) is 0 Å². The second kappa shape index (κ2) is 5.63. The Morgan fingerprint density at radius 2 is 2.33 bits per heavy atom. The first-order valence-corrected chi connectivity index (χ1v) is 8.62. The third-order valence-electron chi connectivity index (χ3n) is 3.49. The van der Waals surface area contributed by atoms with Crippen LogP contribution in [0.5, 0.6) is 0 Å². The Labute approximate surface area is 123 Å². The van der Waals surface area contributed by atoms with Crippen LogP contribution in [-0.4, -0.2) is 42.4 Å². The van der Waals surface area contributed by atoms with Gasteiger partial charge in [-0.2, -0.15) is 5.10 Å². The van der Waals surface area contributed by atoms with Crippen molar-refractivity contribution in [2.75, 3.05) is 19.3 Å². The molecule has 3 heterocycles. The highest BCUT2D eigenvalue weighted by Crippen LogP contribution is 2.21. The molecule has 8 heteroatoms. The Kier molecular flexibility index (Phi) is 3.83. The van der Waals surface area contributed by atoms with E-state index in [1.165, 1.54) is 6.26 Å². The summed E-state index contributed by atoms with van der Waals surface area (Å²) < 4.78 is 32.4. The Morgan fingerprint density at radius 3 is 3.05 bits per heavy atom. The van der Waals surface area contributed by atoms with E-state index in [-0.39, 0.29) is 6.04 Å². The fourth-order valence-electron chi connectivity index (χ4n) is 2.61. The van der Waals surface area contributed by atoms with E-state index in [4.69, 9.17) is 4.42 Å². The molecule has 1 atom stereocenters. The third-order valence-corrected chi connectivity index (χ3v) is 4.18. The largest absolute Gasteiger partial charge is 0.468 e. The first-order valence-electron chi connectivity index (χ1n) is 6.73. The molecule has 0 saturated carbocycles. The highest BCUT2D eigenvalue weighted by atomic mass is 32.2. The zero-order chi connectivity index (χ0) is 14.9. The molecule has 1 aliphatic rings. The number of fused-ring (bicyclic) bond motifs is 1. The normalized spacial score (nSPS) is 19.6. The number of rotatable bonds is 5. The molecule has 0 aromatic carbocycles. The highest BCUT2D eigenvalue weighted by molar-refractivity contribution is 7.88. The molecule has 0 amide bonds. The summed E-state index contributed by atoms with van der Waals surface area (Å²) in [5, 5.41) is 4.30. The summed E-state index contributed by atoms with van der Waals surface area (Å²) in [6.45, 7) is 2.53. The maximum Gasteiger partial charge on any atom is 0.208 e. The van der Waals surface area contributed by atoms with Gasteiger partial charge in [-0.25, -0.2) is 13.1 Å². The molecule has 1 N–H and O–H groups in total. The molecule has 0 bridgehead atoms. The molecule has 2 aromatic rings. The van der Waals surface area contributed by atoms with Crippen molar-refractivity contribution >= 4 is 10.0 Å². The summed E-state index contributed by atoms with van der Waals surface area (Å²) in [4.78, 5) is 2.23. The van der Waals surface area contributed by atoms with E-state index in [9.17, 15) is 8.42 Å². The number of furan rings is 1. The van der Waals surface area contributed by atoms with Crippen molar-refractivity contribution < 1.29 is 12.8 Å². The van der Waals surface area contributed by atoms with Gasteiger partial charge in [0.25, 0.3) is 0 Å². The van der Waals surface area contributed by atoms with Crippen molar-refractivity contribution in [3.63, 3.8) is 0 Å². The van der Waals surface area contributed by atoms with Crippen LogP contribution in [0, 0.1) is 0 Å². The molecule has 1 aliphatic heterocycles. The lowest BCUT2D eigenvalue weighted by molar-refractivity contribution is 0.157. The zero-order valence-electron chi connectivity index (χ0n) is 11.8. The Morgan fingerprint density at radius 1 is 1.48 bits per heavy atom. The highest BCUT2D eigenvalue weighted by Gasteiger charge is 2.26. The minimum Gasteiger partial charge on any atom is -0.468 e. The summed E-state index contributed by atoms with van der Waals surface area (Å²) >= 11 is 0. The molecule has 21 heavy (non-hydrogen) atoms. The molecule has 0 radical (unpaired) electrons. The lowest BCUT2D eigenvalue weighted by atomic mass is 10.2. The molecular weight excluding hydrogens is 292 g/mol. The van der Waals surface area contributed by atoms with E-state index in [1.807, 2.05) is 22.9 Å². The monoisotopic (exact) mass is 310 g/mol. The van der Waals surface area contributed by atoms with Crippen LogP contribution in [0.3, 0.4) is 0 Å². The Hall–Kier alpha value is -1.64. The van der Waals surface area contributed by atoms with E-state index < -0.39 is 10.0 Å². The molecule has 3 rings (SSSR count). The van der Waals surface area contributed by atoms with Crippen molar-refractivity contribution in [3.05, 3.63) is 42.1 Å². The van der Waals surface area contributed by atoms with Gasteiger partial charge in [-0.05, 0) is 18.2 Å². The predicted molar refractivity (Wildman–Crippen MR) is 76.9 cm³/mol. The summed E-state index contributed by atoms with van der Waals surface area (Å²) in [7, 11) is -3.20. The molecule has 2 aromatic heterocycles. The van der Waals surface area contributed by atoms with Crippen LogP contribution in [0.25, 0.3) is 0 Å². The smallest absolute Gasteiger partial charge is 0.208 e. The van der Waals surface area contributed by atoms with Gasteiger partial charge in [-0.15, -0.1) is 0 Å². The standard InChI is InChI=1S/C13H18N4O3S/c1-21(18,19)15-7-12-9-16(10-13-3-2-6-20-13)8-11-4-5-14-17(11)12/h2-6,12,15H,7-10H2,1H3/t12-/m0/s1. The Bertz CT molecular complexity index is 693. The van der Waals surface area contributed by atoms with E-state index >= 15 is 0 Å². The van der Waals surface area contributed by atoms with Gasteiger partial charge in [0.1, 0.15) is 5.76 Å². The molecular formula is C13H18N4O3S. The van der Waals surface area contributed by atoms with Crippen LogP contribution in [0.1, 0.15) is 17.5 Å². The van der Waals surface area contributed by atoms with Gasteiger partial charge in [0.15, 0.2) is 0 Å². The maximum atomic E-state index is 11.3. The molecule has 0 spiro atoms. The fraction of sp³-hybridized carbons (Fsp3) is 0.462.